The monoisotopic (exact) mass is 136 g/mol. The standard InChI is InChI=1S/C3H8N2S2/c1-4-5(2)3(6)7/h4H,1-2H3,(H,6,7). The number of thiol groups is 1. The molecule has 0 aliphatic rings. The van der Waals surface area contributed by atoms with Crippen molar-refractivity contribution in [1.29, 1.82) is 0 Å². The maximum Gasteiger partial charge on any atom is 0.147 e. The molecule has 2 nitrogen and oxygen atoms in total. The van der Waals surface area contributed by atoms with E-state index in [1.807, 2.05) is 0 Å². The number of hydrazine groups is 1. The highest BCUT2D eigenvalue weighted by molar-refractivity contribution is 8.10. The highest BCUT2D eigenvalue weighted by Gasteiger charge is 1.89. The Kier molecular flexibility index (Phi) is 3.33. The van der Waals surface area contributed by atoms with E-state index in [4.69, 9.17) is 0 Å². The van der Waals surface area contributed by atoms with Crippen LogP contribution in [0.2, 0.25) is 0 Å². The van der Waals surface area contributed by atoms with Crippen molar-refractivity contribution in [1.82, 2.24) is 10.4 Å². The van der Waals surface area contributed by atoms with Crippen molar-refractivity contribution in [2.24, 2.45) is 0 Å². The summed E-state index contributed by atoms with van der Waals surface area (Å²) in [7, 11) is 3.58. The molecule has 1 N–H and O–H groups in total. The molecular formula is C3H8N2S2. The number of nitrogens with one attached hydrogen (secondary N) is 1. The van der Waals surface area contributed by atoms with Crippen molar-refractivity contribution in [2.75, 3.05) is 14.1 Å². The molecule has 0 aliphatic heterocycles. The van der Waals surface area contributed by atoms with Crippen molar-refractivity contribution in [3.05, 3.63) is 0 Å². The molecule has 0 bridgehead atoms. The highest BCUT2D eigenvalue weighted by atomic mass is 32.1. The van der Waals surface area contributed by atoms with Gasteiger partial charge in [0.15, 0.2) is 0 Å². The summed E-state index contributed by atoms with van der Waals surface area (Å²) in [5.74, 6) is 0. The first-order valence-electron chi connectivity index (χ1n) is 1.82. The van der Waals surface area contributed by atoms with E-state index < -0.39 is 0 Å². The molecule has 0 amide bonds. The number of rotatable bonds is 1. The second-order valence-electron chi connectivity index (χ2n) is 1.07. The lowest BCUT2D eigenvalue weighted by Gasteiger charge is -2.12. The lowest BCUT2D eigenvalue weighted by atomic mass is 11.1. The molecule has 7 heavy (non-hydrogen) atoms. The average molecular weight is 136 g/mol. The molecule has 0 fully saturated rings. The third-order valence-electron chi connectivity index (χ3n) is 0.622. The summed E-state index contributed by atoms with van der Waals surface area (Å²) in [6, 6.07) is 0. The summed E-state index contributed by atoms with van der Waals surface area (Å²) in [5, 5.41) is 1.64. The van der Waals surface area contributed by atoms with E-state index in [1.54, 1.807) is 19.1 Å². The number of nitrogens with zero attached hydrogens (tertiary/aromatic N) is 1. The second-order valence-corrected chi connectivity index (χ2v) is 2.18. The van der Waals surface area contributed by atoms with Gasteiger partial charge in [-0.05, 0) is 0 Å². The molecule has 0 radical (unpaired) electrons. The van der Waals surface area contributed by atoms with Crippen LogP contribution >= 0.6 is 24.8 Å². The van der Waals surface area contributed by atoms with E-state index in [2.05, 4.69) is 30.3 Å². The minimum Gasteiger partial charge on any atom is -0.297 e. The van der Waals surface area contributed by atoms with Gasteiger partial charge in [-0.25, -0.2) is 5.43 Å². The topological polar surface area (TPSA) is 15.3 Å². The van der Waals surface area contributed by atoms with Crippen molar-refractivity contribution in [3.8, 4) is 0 Å². The van der Waals surface area contributed by atoms with E-state index in [0.717, 1.165) is 0 Å². The minimum atomic E-state index is 0.544. The zero-order chi connectivity index (χ0) is 5.86. The molecule has 0 rings (SSSR count). The van der Waals surface area contributed by atoms with Crippen LogP contribution in [0.15, 0.2) is 0 Å². The Morgan fingerprint density at radius 3 is 2.29 bits per heavy atom. The summed E-state index contributed by atoms with van der Waals surface area (Å²) < 4.78 is 0.544. The van der Waals surface area contributed by atoms with Gasteiger partial charge in [-0.15, -0.1) is 12.6 Å². The van der Waals surface area contributed by atoms with Crippen LogP contribution in [0.3, 0.4) is 0 Å². The molecule has 0 saturated heterocycles. The Morgan fingerprint density at radius 1 is 1.86 bits per heavy atom. The lowest BCUT2D eigenvalue weighted by Crippen LogP contribution is -2.32. The van der Waals surface area contributed by atoms with Crippen LogP contribution in [0.5, 0.6) is 0 Å². The van der Waals surface area contributed by atoms with Crippen molar-refractivity contribution >= 4 is 29.2 Å². The van der Waals surface area contributed by atoms with Gasteiger partial charge in [0.05, 0.1) is 0 Å². The van der Waals surface area contributed by atoms with Gasteiger partial charge >= 0.3 is 0 Å². The fourth-order valence-corrected chi connectivity index (χ4v) is 0.287. The SMILES string of the molecule is CNN(C)C(=S)S. The summed E-state index contributed by atoms with van der Waals surface area (Å²) >= 11 is 8.51. The molecule has 0 aromatic carbocycles. The largest absolute Gasteiger partial charge is 0.297 e. The van der Waals surface area contributed by atoms with Crippen LogP contribution in [-0.4, -0.2) is 23.4 Å². The summed E-state index contributed by atoms with van der Waals surface area (Å²) in [6.07, 6.45) is 0. The molecular weight excluding hydrogens is 128 g/mol. The molecule has 0 aromatic rings. The summed E-state index contributed by atoms with van der Waals surface area (Å²) in [5.41, 5.74) is 2.78. The third kappa shape index (κ3) is 2.85. The smallest absolute Gasteiger partial charge is 0.147 e. The zero-order valence-electron chi connectivity index (χ0n) is 4.30. The predicted molar refractivity (Wildman–Crippen MR) is 38.4 cm³/mol. The van der Waals surface area contributed by atoms with E-state index in [0.29, 0.717) is 4.32 Å². The lowest BCUT2D eigenvalue weighted by molar-refractivity contribution is 0.424. The molecule has 0 saturated carbocycles. The Bertz CT molecular complexity index is 73.3. The van der Waals surface area contributed by atoms with Gasteiger partial charge in [-0.1, -0.05) is 12.2 Å². The van der Waals surface area contributed by atoms with Gasteiger partial charge in [0.25, 0.3) is 0 Å². The predicted octanol–water partition coefficient (Wildman–Crippen LogP) is 0.267. The second kappa shape index (κ2) is 3.23. The average Bonchev–Trinajstić information content (AvgIpc) is 1.65. The fraction of sp³-hybridized carbons (Fsp3) is 0.667. The van der Waals surface area contributed by atoms with E-state index in [9.17, 15) is 0 Å². The Labute approximate surface area is 54.3 Å². The maximum atomic E-state index is 4.64. The van der Waals surface area contributed by atoms with E-state index in [1.165, 1.54) is 0 Å². The van der Waals surface area contributed by atoms with E-state index >= 15 is 0 Å². The van der Waals surface area contributed by atoms with Gasteiger partial charge in [0, 0.05) is 14.1 Å². The first-order valence-corrected chi connectivity index (χ1v) is 2.68. The minimum absolute atomic E-state index is 0.544. The highest BCUT2D eigenvalue weighted by Crippen LogP contribution is 1.84. The quantitative estimate of drug-likeness (QED) is 0.306. The molecule has 0 atom stereocenters. The number of hydrogen-bond acceptors (Lipinski definition) is 2. The van der Waals surface area contributed by atoms with Gasteiger partial charge < -0.3 is 0 Å². The van der Waals surface area contributed by atoms with Crippen molar-refractivity contribution in [2.45, 2.75) is 0 Å². The molecule has 0 unspecified atom stereocenters. The van der Waals surface area contributed by atoms with E-state index in [-0.39, 0.29) is 0 Å². The molecule has 0 spiro atoms. The maximum absolute atomic E-state index is 4.64. The Morgan fingerprint density at radius 2 is 2.29 bits per heavy atom. The number of hydrogen-bond donors (Lipinski definition) is 2. The van der Waals surface area contributed by atoms with Crippen LogP contribution in [0.25, 0.3) is 0 Å². The van der Waals surface area contributed by atoms with Crippen molar-refractivity contribution in [3.63, 3.8) is 0 Å². The molecule has 0 aromatic heterocycles. The molecule has 42 valence electrons. The van der Waals surface area contributed by atoms with Crippen LogP contribution in [0.4, 0.5) is 0 Å². The van der Waals surface area contributed by atoms with Gasteiger partial charge in [0.2, 0.25) is 0 Å². The number of thiocarbonyl (C=S) groups is 1. The Balaban J connectivity index is 3.34. The van der Waals surface area contributed by atoms with Crippen LogP contribution in [-0.2, 0) is 0 Å². The first-order chi connectivity index (χ1) is 3.18. The third-order valence-corrected chi connectivity index (χ3v) is 1.20. The summed E-state index contributed by atoms with van der Waals surface area (Å²) in [4.78, 5) is 0. The summed E-state index contributed by atoms with van der Waals surface area (Å²) in [6.45, 7) is 0. The molecule has 4 heteroatoms. The fourth-order valence-electron chi connectivity index (χ4n) is 0.0956. The molecule has 0 aliphatic carbocycles. The van der Waals surface area contributed by atoms with Crippen LogP contribution < -0.4 is 5.43 Å². The van der Waals surface area contributed by atoms with Crippen LogP contribution in [0.1, 0.15) is 0 Å². The Hall–Kier alpha value is 0.200. The van der Waals surface area contributed by atoms with Crippen LogP contribution in [0, 0.1) is 0 Å². The zero-order valence-corrected chi connectivity index (χ0v) is 6.01. The van der Waals surface area contributed by atoms with Gasteiger partial charge in [0.1, 0.15) is 4.32 Å². The van der Waals surface area contributed by atoms with Gasteiger partial charge in [-0.3, -0.25) is 5.01 Å². The van der Waals surface area contributed by atoms with Gasteiger partial charge in [-0.2, -0.15) is 0 Å². The molecule has 0 heterocycles. The normalized spacial score (nSPS) is 8.43. The first kappa shape index (κ1) is 7.20. The van der Waals surface area contributed by atoms with Crippen molar-refractivity contribution < 1.29 is 0 Å².